The van der Waals surface area contributed by atoms with Crippen LogP contribution in [0.4, 0.5) is 0 Å². The van der Waals surface area contributed by atoms with E-state index in [1.807, 2.05) is 115 Å². The summed E-state index contributed by atoms with van der Waals surface area (Å²) in [6, 6.07) is 23.0. The molecule has 0 N–H and O–H groups in total. The van der Waals surface area contributed by atoms with Gasteiger partial charge in [-0.3, -0.25) is 4.79 Å². The van der Waals surface area contributed by atoms with Gasteiger partial charge in [0.2, 0.25) is 11.8 Å². The predicted molar refractivity (Wildman–Crippen MR) is 189 cm³/mol. The lowest BCUT2D eigenvalue weighted by atomic mass is 10.1. The van der Waals surface area contributed by atoms with Crippen LogP contribution in [0.3, 0.4) is 0 Å². The van der Waals surface area contributed by atoms with Gasteiger partial charge in [-0.15, -0.1) is 5.10 Å². The molecule has 3 heterocycles. The smallest absolute Gasteiger partial charge is 0.310 e. The molecule has 0 fully saturated rings. The lowest BCUT2D eigenvalue weighted by molar-refractivity contribution is -0.142. The number of carbonyl (C=O) groups is 1. The zero-order valence-corrected chi connectivity index (χ0v) is 28.5. The third kappa shape index (κ3) is 8.30. The number of rotatable bonds is 15. The normalized spacial score (nSPS) is 11.2. The Kier molecular flexibility index (Phi) is 10.7. The summed E-state index contributed by atoms with van der Waals surface area (Å²) < 4.78 is 32.9. The molecule has 0 saturated carbocycles. The maximum Gasteiger partial charge on any atom is 0.310 e. The van der Waals surface area contributed by atoms with Crippen LogP contribution >= 0.6 is 0 Å². The van der Waals surface area contributed by atoms with Crippen LogP contribution in [0.25, 0.3) is 29.3 Å². The molecule has 3 aromatic heterocycles. The number of ether oxygens (including phenoxy) is 4. The summed E-state index contributed by atoms with van der Waals surface area (Å²) in [6.45, 7) is 7.38. The molecule has 0 unspecified atom stereocenters. The summed E-state index contributed by atoms with van der Waals surface area (Å²) in [4.78, 5) is 20.9. The molecule has 0 atom stereocenters. The van der Waals surface area contributed by atoms with Crippen LogP contribution in [0.5, 0.6) is 17.4 Å². The first-order valence-electron chi connectivity index (χ1n) is 16.4. The number of methoxy groups -OCH3 is 1. The number of esters is 1. The summed E-state index contributed by atoms with van der Waals surface area (Å²) >= 11 is 0. The highest BCUT2D eigenvalue weighted by molar-refractivity contribution is 5.73. The summed E-state index contributed by atoms with van der Waals surface area (Å²) in [7, 11) is 1.60. The molecule has 50 heavy (non-hydrogen) atoms. The fourth-order valence-corrected chi connectivity index (χ4v) is 5.17. The van der Waals surface area contributed by atoms with Gasteiger partial charge >= 0.3 is 5.97 Å². The molecule has 256 valence electrons. The van der Waals surface area contributed by atoms with Crippen LogP contribution in [-0.4, -0.2) is 44.0 Å². The Morgan fingerprint density at radius 3 is 2.44 bits per heavy atom. The van der Waals surface area contributed by atoms with E-state index in [0.29, 0.717) is 41.3 Å². The molecule has 0 amide bonds. The van der Waals surface area contributed by atoms with Crippen LogP contribution in [0.1, 0.15) is 47.7 Å². The molecule has 0 bridgehead atoms. The maximum atomic E-state index is 11.8. The van der Waals surface area contributed by atoms with Gasteiger partial charge in [-0.1, -0.05) is 36.4 Å². The van der Waals surface area contributed by atoms with Gasteiger partial charge in [0.1, 0.15) is 24.7 Å². The second-order valence-electron chi connectivity index (χ2n) is 11.4. The molecule has 11 nitrogen and oxygen atoms in total. The Bertz CT molecular complexity index is 2060. The number of aryl methyl sites for hydroxylation is 2. The Balaban J connectivity index is 1.12. The van der Waals surface area contributed by atoms with E-state index in [1.54, 1.807) is 18.7 Å². The van der Waals surface area contributed by atoms with E-state index in [4.69, 9.17) is 28.5 Å². The van der Waals surface area contributed by atoms with Crippen LogP contribution in [-0.2, 0) is 35.7 Å². The molecule has 0 aliphatic heterocycles. The highest BCUT2D eigenvalue weighted by Crippen LogP contribution is 2.31. The van der Waals surface area contributed by atoms with E-state index >= 15 is 0 Å². The monoisotopic (exact) mass is 673 g/mol. The summed E-state index contributed by atoms with van der Waals surface area (Å²) in [5.74, 6) is 2.48. The largest absolute Gasteiger partial charge is 0.493 e. The molecule has 0 radical (unpaired) electrons. The second-order valence-corrected chi connectivity index (χ2v) is 11.4. The average molecular weight is 674 g/mol. The van der Waals surface area contributed by atoms with Gasteiger partial charge in [0.05, 0.1) is 43.4 Å². The van der Waals surface area contributed by atoms with Crippen molar-refractivity contribution in [1.82, 2.24) is 24.3 Å². The van der Waals surface area contributed by atoms with Crippen LogP contribution in [0.15, 0.2) is 95.9 Å². The molecular weight excluding hydrogens is 634 g/mol. The topological polar surface area (TPSA) is 116 Å². The average Bonchev–Trinajstić information content (AvgIpc) is 3.88. The predicted octanol–water partition coefficient (Wildman–Crippen LogP) is 7.49. The maximum absolute atomic E-state index is 11.8. The van der Waals surface area contributed by atoms with E-state index in [1.165, 1.54) is 0 Å². The van der Waals surface area contributed by atoms with Crippen molar-refractivity contribution in [2.75, 3.05) is 13.7 Å². The SMILES string of the molecule is CCOC(=O)Cc1ccc(-c2nc(COc3ccc(COc4nn(-c5ccccc5)cc4/C=C/c4cn(CC)cn4)cc3OC)c(C)o2)cc1. The number of benzene rings is 3. The first-order chi connectivity index (χ1) is 24.4. The highest BCUT2D eigenvalue weighted by Gasteiger charge is 2.16. The number of aromatic nitrogens is 5. The van der Waals surface area contributed by atoms with Gasteiger partial charge in [-0.2, -0.15) is 0 Å². The Morgan fingerprint density at radius 2 is 1.70 bits per heavy atom. The molecule has 0 spiro atoms. The van der Waals surface area contributed by atoms with Crippen molar-refractivity contribution in [3.8, 4) is 34.5 Å². The Hall–Kier alpha value is -6.10. The second kappa shape index (κ2) is 15.9. The van der Waals surface area contributed by atoms with Crippen molar-refractivity contribution in [2.45, 2.75) is 47.0 Å². The number of hydrogen-bond acceptors (Lipinski definition) is 9. The minimum Gasteiger partial charge on any atom is -0.493 e. The Labute approximate surface area is 290 Å². The number of imidazole rings is 1. The van der Waals surface area contributed by atoms with Crippen LogP contribution in [0.2, 0.25) is 0 Å². The number of carbonyl (C=O) groups excluding carboxylic acids is 1. The highest BCUT2D eigenvalue weighted by atomic mass is 16.5. The van der Waals surface area contributed by atoms with E-state index in [2.05, 4.69) is 16.9 Å². The van der Waals surface area contributed by atoms with Gasteiger partial charge in [-0.25, -0.2) is 14.6 Å². The van der Waals surface area contributed by atoms with Crippen molar-refractivity contribution >= 4 is 18.1 Å². The summed E-state index contributed by atoms with van der Waals surface area (Å²) in [5, 5.41) is 4.73. The zero-order chi connectivity index (χ0) is 34.9. The minimum absolute atomic E-state index is 0.186. The van der Waals surface area contributed by atoms with Crippen LogP contribution in [0, 0.1) is 6.92 Å². The zero-order valence-electron chi connectivity index (χ0n) is 28.5. The van der Waals surface area contributed by atoms with Crippen molar-refractivity contribution in [1.29, 1.82) is 0 Å². The van der Waals surface area contributed by atoms with Gasteiger partial charge in [0, 0.05) is 24.5 Å². The number of oxazole rings is 1. The molecule has 6 aromatic rings. The van der Waals surface area contributed by atoms with E-state index in [9.17, 15) is 4.79 Å². The molecular formula is C39H39N5O6. The molecule has 0 aliphatic carbocycles. The lowest BCUT2D eigenvalue weighted by Gasteiger charge is -2.12. The molecule has 0 aliphatic rings. The van der Waals surface area contributed by atoms with Gasteiger partial charge in [0.25, 0.3) is 0 Å². The third-order valence-electron chi connectivity index (χ3n) is 7.89. The van der Waals surface area contributed by atoms with Crippen molar-refractivity contribution in [3.05, 3.63) is 125 Å². The molecule has 11 heteroatoms. The lowest BCUT2D eigenvalue weighted by Crippen LogP contribution is -2.07. The first kappa shape index (κ1) is 33.8. The van der Waals surface area contributed by atoms with Gasteiger partial charge in [0.15, 0.2) is 11.5 Å². The number of hydrogen-bond donors (Lipinski definition) is 0. The van der Waals surface area contributed by atoms with Crippen molar-refractivity contribution in [3.63, 3.8) is 0 Å². The fraction of sp³-hybridized carbons (Fsp3) is 0.231. The minimum atomic E-state index is -0.257. The van der Waals surface area contributed by atoms with E-state index < -0.39 is 0 Å². The number of para-hydroxylation sites is 1. The third-order valence-corrected chi connectivity index (χ3v) is 7.89. The molecule has 6 rings (SSSR count). The summed E-state index contributed by atoms with van der Waals surface area (Å²) in [5.41, 5.74) is 5.80. The fourth-order valence-electron chi connectivity index (χ4n) is 5.17. The molecule has 3 aromatic carbocycles. The standard InChI is InChI=1S/C39H39N5O6/c1-5-43-23-32(40-26-43)18-17-31-22-44(33-10-8-7-9-11-33)42-39(31)49-24-29-14-19-35(36(20-29)46-4)48-25-34-27(3)50-38(41-34)30-15-12-28(13-16-30)21-37(45)47-6-2/h7-20,22-23,26H,5-6,21,24-25H2,1-4H3/b18-17+. The van der Waals surface area contributed by atoms with Gasteiger partial charge < -0.3 is 27.9 Å². The van der Waals surface area contributed by atoms with E-state index in [-0.39, 0.29) is 25.6 Å². The van der Waals surface area contributed by atoms with Crippen molar-refractivity contribution < 1.29 is 28.2 Å². The van der Waals surface area contributed by atoms with E-state index in [0.717, 1.165) is 40.2 Å². The quantitative estimate of drug-likeness (QED) is 0.102. The first-order valence-corrected chi connectivity index (χ1v) is 16.4. The summed E-state index contributed by atoms with van der Waals surface area (Å²) in [6.07, 6.45) is 9.87. The van der Waals surface area contributed by atoms with Gasteiger partial charge in [-0.05, 0) is 80.4 Å². The molecule has 0 saturated heterocycles. The number of nitrogens with zero attached hydrogens (tertiary/aromatic N) is 5. The van der Waals surface area contributed by atoms with Crippen LogP contribution < -0.4 is 14.2 Å². The Morgan fingerprint density at radius 1 is 0.900 bits per heavy atom. The van der Waals surface area contributed by atoms with Crippen molar-refractivity contribution in [2.24, 2.45) is 0 Å².